The Morgan fingerprint density at radius 3 is 3.05 bits per heavy atom. The fourth-order valence-electron chi connectivity index (χ4n) is 2.10. The molecule has 2 heterocycles. The van der Waals surface area contributed by atoms with Crippen molar-refractivity contribution in [1.82, 2.24) is 10.3 Å². The summed E-state index contributed by atoms with van der Waals surface area (Å²) in [5.41, 5.74) is 0.633. The van der Waals surface area contributed by atoms with Gasteiger partial charge in [-0.25, -0.2) is 4.98 Å². The monoisotopic (exact) mass is 263 g/mol. The number of pyridine rings is 1. The van der Waals surface area contributed by atoms with Crippen molar-refractivity contribution >= 4 is 11.6 Å². The number of hydrogen-bond donors (Lipinski definition) is 2. The summed E-state index contributed by atoms with van der Waals surface area (Å²) in [6.07, 6.45) is 4.79. The van der Waals surface area contributed by atoms with Crippen LogP contribution in [0.25, 0.3) is 0 Å². The molecule has 1 atom stereocenters. The molecule has 0 unspecified atom stereocenters. The van der Waals surface area contributed by atoms with E-state index in [9.17, 15) is 4.79 Å². The molecule has 0 aliphatic carbocycles. The van der Waals surface area contributed by atoms with Crippen LogP contribution in [0.15, 0.2) is 18.3 Å². The first-order valence-electron chi connectivity index (χ1n) is 6.82. The maximum atomic E-state index is 12.1. The smallest absolute Gasteiger partial charge is 0.241 e. The summed E-state index contributed by atoms with van der Waals surface area (Å²) >= 11 is 0. The number of aromatic nitrogens is 1. The second-order valence-electron chi connectivity index (χ2n) is 5.01. The van der Waals surface area contributed by atoms with Crippen LogP contribution in [0, 0.1) is 0 Å². The van der Waals surface area contributed by atoms with E-state index in [-0.39, 0.29) is 18.1 Å². The summed E-state index contributed by atoms with van der Waals surface area (Å²) in [6.45, 7) is 4.77. The molecule has 5 heteroatoms. The van der Waals surface area contributed by atoms with Crippen molar-refractivity contribution < 1.29 is 9.53 Å². The molecule has 1 aromatic heterocycles. The number of hydrogen-bond acceptors (Lipinski definition) is 4. The van der Waals surface area contributed by atoms with Gasteiger partial charge in [0.05, 0.1) is 12.1 Å². The van der Waals surface area contributed by atoms with Gasteiger partial charge in [0.1, 0.15) is 5.69 Å². The van der Waals surface area contributed by atoms with Crippen molar-refractivity contribution in [3.05, 3.63) is 18.3 Å². The highest BCUT2D eigenvalue weighted by Gasteiger charge is 2.21. The van der Waals surface area contributed by atoms with Crippen LogP contribution in [0.1, 0.15) is 33.1 Å². The van der Waals surface area contributed by atoms with E-state index in [4.69, 9.17) is 4.74 Å². The second-order valence-corrected chi connectivity index (χ2v) is 5.01. The molecule has 1 fully saturated rings. The summed E-state index contributed by atoms with van der Waals surface area (Å²) in [4.78, 5) is 16.3. The van der Waals surface area contributed by atoms with E-state index in [1.54, 1.807) is 12.3 Å². The highest BCUT2D eigenvalue weighted by Crippen LogP contribution is 2.22. The van der Waals surface area contributed by atoms with Crippen LogP contribution in [0.2, 0.25) is 0 Å². The molecule has 104 valence electrons. The molecule has 1 saturated heterocycles. The topological polar surface area (TPSA) is 63.2 Å². The predicted octanol–water partition coefficient (Wildman–Crippen LogP) is 1.95. The fourth-order valence-corrected chi connectivity index (χ4v) is 2.10. The molecule has 0 radical (unpaired) electrons. The van der Waals surface area contributed by atoms with E-state index in [1.165, 1.54) is 0 Å². The van der Waals surface area contributed by atoms with Gasteiger partial charge < -0.3 is 15.4 Å². The summed E-state index contributed by atoms with van der Waals surface area (Å²) in [7, 11) is 0. The normalized spacial score (nSPS) is 19.2. The Bertz CT molecular complexity index is 428. The maximum absolute atomic E-state index is 12.1. The molecule has 19 heavy (non-hydrogen) atoms. The first kappa shape index (κ1) is 13.8. The largest absolute Gasteiger partial charge is 0.473 e. The fraction of sp³-hybridized carbons (Fsp3) is 0.571. The van der Waals surface area contributed by atoms with Gasteiger partial charge in [-0.2, -0.15) is 0 Å². The van der Waals surface area contributed by atoms with E-state index in [0.717, 1.165) is 25.8 Å². The Morgan fingerprint density at radius 1 is 1.53 bits per heavy atom. The van der Waals surface area contributed by atoms with Crippen molar-refractivity contribution in [1.29, 1.82) is 0 Å². The van der Waals surface area contributed by atoms with E-state index < -0.39 is 0 Å². The Morgan fingerprint density at radius 2 is 2.37 bits per heavy atom. The summed E-state index contributed by atoms with van der Waals surface area (Å²) in [5.74, 6) is 0.461. The quantitative estimate of drug-likeness (QED) is 0.871. The predicted molar refractivity (Wildman–Crippen MR) is 74.3 cm³/mol. The van der Waals surface area contributed by atoms with Crippen molar-refractivity contribution in [2.45, 2.75) is 45.3 Å². The van der Waals surface area contributed by atoms with Gasteiger partial charge >= 0.3 is 0 Å². The van der Waals surface area contributed by atoms with E-state index in [0.29, 0.717) is 11.6 Å². The SMILES string of the molecule is CC(C)Oc1ncccc1NC(=O)[C@H]1CCCCN1. The van der Waals surface area contributed by atoms with Gasteiger partial charge in [0.2, 0.25) is 11.8 Å². The molecule has 2 N–H and O–H groups in total. The zero-order valence-electron chi connectivity index (χ0n) is 11.5. The van der Waals surface area contributed by atoms with Gasteiger partial charge in [-0.3, -0.25) is 4.79 Å². The molecule has 1 aliphatic rings. The molecule has 0 saturated carbocycles. The van der Waals surface area contributed by atoms with Crippen molar-refractivity contribution in [2.24, 2.45) is 0 Å². The van der Waals surface area contributed by atoms with Gasteiger partial charge in [0, 0.05) is 6.20 Å². The second kappa shape index (κ2) is 6.52. The molecule has 0 aromatic carbocycles. The first-order chi connectivity index (χ1) is 9.16. The number of nitrogens with zero attached hydrogens (tertiary/aromatic N) is 1. The Labute approximate surface area is 113 Å². The van der Waals surface area contributed by atoms with Crippen molar-refractivity contribution in [2.75, 3.05) is 11.9 Å². The average molecular weight is 263 g/mol. The lowest BCUT2D eigenvalue weighted by atomic mass is 10.0. The van der Waals surface area contributed by atoms with Crippen LogP contribution < -0.4 is 15.4 Å². The molecule has 1 aromatic rings. The third-order valence-corrected chi connectivity index (χ3v) is 3.00. The third kappa shape index (κ3) is 3.92. The van der Waals surface area contributed by atoms with E-state index >= 15 is 0 Å². The standard InChI is InChI=1S/C14H21N3O2/c1-10(2)19-14-12(7-5-9-16-14)17-13(18)11-6-3-4-8-15-11/h5,7,9-11,15H,3-4,6,8H2,1-2H3,(H,17,18)/t11-/m1/s1. The number of ether oxygens (including phenoxy) is 1. The van der Waals surface area contributed by atoms with Crippen LogP contribution in [0.5, 0.6) is 5.88 Å². The Kier molecular flexibility index (Phi) is 4.74. The number of carbonyl (C=O) groups is 1. The Balaban J connectivity index is 2.03. The van der Waals surface area contributed by atoms with Crippen LogP contribution in [-0.2, 0) is 4.79 Å². The minimum atomic E-state index is -0.110. The number of rotatable bonds is 4. The Hall–Kier alpha value is -1.62. The summed E-state index contributed by atoms with van der Waals surface area (Å²) < 4.78 is 5.59. The van der Waals surface area contributed by atoms with Gasteiger partial charge in [-0.15, -0.1) is 0 Å². The number of nitrogens with one attached hydrogen (secondary N) is 2. The minimum absolute atomic E-state index is 0.0127. The number of carbonyl (C=O) groups excluding carboxylic acids is 1. The molecular weight excluding hydrogens is 242 g/mol. The summed E-state index contributed by atoms with van der Waals surface area (Å²) in [6, 6.07) is 3.49. The molecule has 2 rings (SSSR count). The van der Waals surface area contributed by atoms with Gasteiger partial charge in [0.25, 0.3) is 0 Å². The maximum Gasteiger partial charge on any atom is 0.241 e. The van der Waals surface area contributed by atoms with Crippen molar-refractivity contribution in [3.8, 4) is 5.88 Å². The minimum Gasteiger partial charge on any atom is -0.473 e. The molecule has 1 aliphatic heterocycles. The highest BCUT2D eigenvalue weighted by molar-refractivity contribution is 5.95. The van der Waals surface area contributed by atoms with Crippen LogP contribution in [0.3, 0.4) is 0 Å². The first-order valence-corrected chi connectivity index (χ1v) is 6.82. The number of amides is 1. The molecule has 5 nitrogen and oxygen atoms in total. The van der Waals surface area contributed by atoms with Crippen LogP contribution >= 0.6 is 0 Å². The molecule has 0 bridgehead atoms. The van der Waals surface area contributed by atoms with Gasteiger partial charge in [0.15, 0.2) is 0 Å². The van der Waals surface area contributed by atoms with Crippen LogP contribution in [0.4, 0.5) is 5.69 Å². The van der Waals surface area contributed by atoms with Crippen LogP contribution in [-0.4, -0.2) is 29.6 Å². The van der Waals surface area contributed by atoms with E-state index in [1.807, 2.05) is 19.9 Å². The zero-order chi connectivity index (χ0) is 13.7. The summed E-state index contributed by atoms with van der Waals surface area (Å²) in [5, 5.41) is 6.12. The van der Waals surface area contributed by atoms with Gasteiger partial charge in [-0.1, -0.05) is 6.42 Å². The molecule has 0 spiro atoms. The van der Waals surface area contributed by atoms with Crippen molar-refractivity contribution in [3.63, 3.8) is 0 Å². The van der Waals surface area contributed by atoms with E-state index in [2.05, 4.69) is 15.6 Å². The average Bonchev–Trinajstić information content (AvgIpc) is 2.41. The lowest BCUT2D eigenvalue weighted by Gasteiger charge is -2.23. The lowest BCUT2D eigenvalue weighted by molar-refractivity contribution is -0.118. The third-order valence-electron chi connectivity index (χ3n) is 3.00. The molecule has 1 amide bonds. The lowest BCUT2D eigenvalue weighted by Crippen LogP contribution is -2.43. The highest BCUT2D eigenvalue weighted by atomic mass is 16.5. The molecular formula is C14H21N3O2. The zero-order valence-corrected chi connectivity index (χ0v) is 11.5. The number of piperidine rings is 1. The number of anilines is 1. The van der Waals surface area contributed by atoms with Gasteiger partial charge in [-0.05, 0) is 45.4 Å².